The second-order valence-corrected chi connectivity index (χ2v) is 6.26. The summed E-state index contributed by atoms with van der Waals surface area (Å²) in [7, 11) is 0. The van der Waals surface area contributed by atoms with Crippen LogP contribution in [0.5, 0.6) is 23.0 Å². The molecule has 4 N–H and O–H groups in total. The quantitative estimate of drug-likeness (QED) is 0.421. The molecule has 0 unspecified atom stereocenters. The molecule has 6 nitrogen and oxygen atoms in total. The SMILES string of the molecule is CC(C)=CCc1c(O)cc(O)c2c(=O)cc(-c3ccc(O)c(O)c3)oc12. The Labute approximate surface area is 148 Å². The summed E-state index contributed by atoms with van der Waals surface area (Å²) >= 11 is 0. The first-order valence-electron chi connectivity index (χ1n) is 7.95. The highest BCUT2D eigenvalue weighted by molar-refractivity contribution is 5.89. The molecule has 0 spiro atoms. The molecule has 3 aromatic rings. The smallest absolute Gasteiger partial charge is 0.197 e. The lowest BCUT2D eigenvalue weighted by molar-refractivity contribution is 0.404. The molecule has 0 bridgehead atoms. The van der Waals surface area contributed by atoms with Crippen molar-refractivity contribution in [3.05, 3.63) is 57.8 Å². The number of fused-ring (bicyclic) bond motifs is 1. The van der Waals surface area contributed by atoms with Gasteiger partial charge in [-0.3, -0.25) is 4.79 Å². The van der Waals surface area contributed by atoms with Crippen molar-refractivity contribution in [2.24, 2.45) is 0 Å². The molecule has 1 aromatic heterocycles. The highest BCUT2D eigenvalue weighted by Crippen LogP contribution is 2.37. The minimum Gasteiger partial charge on any atom is -0.507 e. The third kappa shape index (κ3) is 3.09. The molecule has 0 saturated carbocycles. The zero-order valence-electron chi connectivity index (χ0n) is 14.3. The highest BCUT2D eigenvalue weighted by Gasteiger charge is 2.18. The Morgan fingerprint density at radius 2 is 1.69 bits per heavy atom. The summed E-state index contributed by atoms with van der Waals surface area (Å²) in [5.74, 6) is -1.06. The Morgan fingerprint density at radius 1 is 0.962 bits per heavy atom. The zero-order chi connectivity index (χ0) is 19.0. The minimum atomic E-state index is -0.482. The van der Waals surface area contributed by atoms with E-state index in [2.05, 4.69) is 0 Å². The van der Waals surface area contributed by atoms with Gasteiger partial charge in [0.25, 0.3) is 0 Å². The first-order valence-corrected chi connectivity index (χ1v) is 7.95. The van der Waals surface area contributed by atoms with E-state index in [9.17, 15) is 25.2 Å². The van der Waals surface area contributed by atoms with Gasteiger partial charge in [-0.15, -0.1) is 0 Å². The maximum absolute atomic E-state index is 12.5. The van der Waals surface area contributed by atoms with E-state index >= 15 is 0 Å². The van der Waals surface area contributed by atoms with Gasteiger partial charge in [-0.2, -0.15) is 0 Å². The van der Waals surface area contributed by atoms with Gasteiger partial charge in [0.2, 0.25) is 0 Å². The molecule has 0 aliphatic rings. The molecule has 0 aliphatic carbocycles. The number of hydrogen-bond donors (Lipinski definition) is 4. The molecule has 0 radical (unpaired) electrons. The average Bonchev–Trinajstić information content (AvgIpc) is 2.56. The number of benzene rings is 2. The molecule has 0 fully saturated rings. The number of phenolic OH excluding ortho intramolecular Hbond substituents is 4. The average molecular weight is 354 g/mol. The van der Waals surface area contributed by atoms with Gasteiger partial charge < -0.3 is 24.8 Å². The van der Waals surface area contributed by atoms with Crippen LogP contribution in [0.25, 0.3) is 22.3 Å². The van der Waals surface area contributed by atoms with E-state index in [4.69, 9.17) is 4.42 Å². The molecule has 0 aliphatic heterocycles. The van der Waals surface area contributed by atoms with Crippen molar-refractivity contribution in [3.63, 3.8) is 0 Å². The van der Waals surface area contributed by atoms with E-state index in [1.807, 2.05) is 19.9 Å². The van der Waals surface area contributed by atoms with Gasteiger partial charge in [0, 0.05) is 23.3 Å². The van der Waals surface area contributed by atoms with Crippen LogP contribution in [0.3, 0.4) is 0 Å². The number of hydrogen-bond acceptors (Lipinski definition) is 6. The van der Waals surface area contributed by atoms with Crippen LogP contribution in [-0.4, -0.2) is 20.4 Å². The number of rotatable bonds is 3. The number of phenols is 4. The first kappa shape index (κ1) is 17.4. The molecule has 134 valence electrons. The summed E-state index contributed by atoms with van der Waals surface area (Å²) in [5.41, 5.74) is 1.36. The number of allylic oxidation sites excluding steroid dienone is 2. The van der Waals surface area contributed by atoms with Crippen molar-refractivity contribution in [2.45, 2.75) is 20.3 Å². The van der Waals surface area contributed by atoms with Gasteiger partial charge >= 0.3 is 0 Å². The molecular weight excluding hydrogens is 336 g/mol. The van der Waals surface area contributed by atoms with E-state index in [0.29, 0.717) is 17.5 Å². The van der Waals surface area contributed by atoms with Gasteiger partial charge in [-0.25, -0.2) is 0 Å². The second kappa shape index (κ2) is 6.48. The predicted molar refractivity (Wildman–Crippen MR) is 97.7 cm³/mol. The van der Waals surface area contributed by atoms with E-state index in [0.717, 1.165) is 11.6 Å². The fourth-order valence-corrected chi connectivity index (χ4v) is 2.68. The zero-order valence-corrected chi connectivity index (χ0v) is 14.3. The maximum Gasteiger partial charge on any atom is 0.197 e. The molecule has 2 aromatic carbocycles. The fraction of sp³-hybridized carbons (Fsp3) is 0.150. The lowest BCUT2D eigenvalue weighted by Crippen LogP contribution is -2.03. The topological polar surface area (TPSA) is 111 Å². The van der Waals surface area contributed by atoms with Gasteiger partial charge in [0.05, 0.1) is 0 Å². The van der Waals surface area contributed by atoms with Crippen LogP contribution >= 0.6 is 0 Å². The summed E-state index contributed by atoms with van der Waals surface area (Å²) in [5, 5.41) is 39.4. The summed E-state index contributed by atoms with van der Waals surface area (Å²) in [6.45, 7) is 3.81. The minimum absolute atomic E-state index is 0.0216. The molecule has 0 saturated heterocycles. The fourth-order valence-electron chi connectivity index (χ4n) is 2.68. The van der Waals surface area contributed by atoms with Crippen molar-refractivity contribution in [3.8, 4) is 34.3 Å². The molecular formula is C20H18O6. The molecule has 3 rings (SSSR count). The highest BCUT2D eigenvalue weighted by atomic mass is 16.3. The van der Waals surface area contributed by atoms with Crippen molar-refractivity contribution >= 4 is 11.0 Å². The van der Waals surface area contributed by atoms with Crippen LogP contribution in [0.2, 0.25) is 0 Å². The Hall–Kier alpha value is -3.41. The number of aromatic hydroxyl groups is 4. The Morgan fingerprint density at radius 3 is 2.35 bits per heavy atom. The maximum atomic E-state index is 12.5. The normalized spacial score (nSPS) is 10.8. The van der Waals surface area contributed by atoms with Gasteiger partial charge in [0.1, 0.15) is 28.2 Å². The van der Waals surface area contributed by atoms with Crippen molar-refractivity contribution in [1.82, 2.24) is 0 Å². The molecule has 26 heavy (non-hydrogen) atoms. The predicted octanol–water partition coefficient (Wildman–Crippen LogP) is 3.79. The van der Waals surface area contributed by atoms with Gasteiger partial charge in [-0.1, -0.05) is 11.6 Å². The van der Waals surface area contributed by atoms with Crippen molar-refractivity contribution < 1.29 is 24.8 Å². The summed E-state index contributed by atoms with van der Waals surface area (Å²) in [6.07, 6.45) is 2.18. The standard InChI is InChI=1S/C20H18O6/c1-10(2)3-5-12-14(22)8-16(24)19-17(25)9-18(26-20(12)19)11-4-6-13(21)15(23)7-11/h3-4,6-9,21-24H,5H2,1-2H3. The third-order valence-corrected chi connectivity index (χ3v) is 4.03. The lowest BCUT2D eigenvalue weighted by Gasteiger charge is -2.10. The van der Waals surface area contributed by atoms with Crippen LogP contribution < -0.4 is 5.43 Å². The third-order valence-electron chi connectivity index (χ3n) is 4.03. The molecule has 6 heteroatoms. The summed E-state index contributed by atoms with van der Waals surface area (Å²) in [6, 6.07) is 6.34. The van der Waals surface area contributed by atoms with Crippen LogP contribution in [0.4, 0.5) is 0 Å². The Bertz CT molecular complexity index is 1090. The van der Waals surface area contributed by atoms with E-state index in [1.54, 1.807) is 0 Å². The van der Waals surface area contributed by atoms with E-state index < -0.39 is 5.43 Å². The monoisotopic (exact) mass is 354 g/mol. The molecule has 0 amide bonds. The van der Waals surface area contributed by atoms with Crippen LogP contribution in [0.1, 0.15) is 19.4 Å². The summed E-state index contributed by atoms with van der Waals surface area (Å²) in [4.78, 5) is 12.5. The van der Waals surface area contributed by atoms with Crippen LogP contribution in [0, 0.1) is 0 Å². The molecule has 0 atom stereocenters. The summed E-state index contributed by atoms with van der Waals surface area (Å²) < 4.78 is 5.81. The Balaban J connectivity index is 2.31. The largest absolute Gasteiger partial charge is 0.507 e. The first-order chi connectivity index (χ1) is 12.3. The van der Waals surface area contributed by atoms with E-state index in [1.165, 1.54) is 24.3 Å². The van der Waals surface area contributed by atoms with E-state index in [-0.39, 0.29) is 39.7 Å². The van der Waals surface area contributed by atoms with Crippen molar-refractivity contribution in [1.29, 1.82) is 0 Å². The lowest BCUT2D eigenvalue weighted by atomic mass is 10.0. The van der Waals surface area contributed by atoms with Crippen molar-refractivity contribution in [2.75, 3.05) is 0 Å². The van der Waals surface area contributed by atoms with Crippen LogP contribution in [0.15, 0.2) is 51.2 Å². The Kier molecular flexibility index (Phi) is 4.34. The van der Waals surface area contributed by atoms with Gasteiger partial charge in [-0.05, 0) is 38.5 Å². The molecule has 1 heterocycles. The van der Waals surface area contributed by atoms with Crippen LogP contribution in [-0.2, 0) is 6.42 Å². The van der Waals surface area contributed by atoms with Gasteiger partial charge in [0.15, 0.2) is 16.9 Å². The second-order valence-electron chi connectivity index (χ2n) is 6.26.